The molecule has 1 atom stereocenters. The molecule has 0 aliphatic heterocycles. The minimum atomic E-state index is -0.493. The number of nitrogens with zero attached hydrogens (tertiary/aromatic N) is 1. The number of carbonyl (C=O) groups is 2. The molecule has 0 saturated carbocycles. The zero-order chi connectivity index (χ0) is 17.4. The number of hydrogen-bond donors (Lipinski definition) is 2. The second kappa shape index (κ2) is 10.9. The highest BCUT2D eigenvalue weighted by molar-refractivity contribution is 5.85. The average molecular weight is 358 g/mol. The van der Waals surface area contributed by atoms with Crippen LogP contribution in [0.3, 0.4) is 0 Å². The fraction of sp³-hybridized carbons (Fsp3) is 0.529. The summed E-state index contributed by atoms with van der Waals surface area (Å²) in [6.45, 7) is 4.43. The Morgan fingerprint density at radius 2 is 1.96 bits per heavy atom. The van der Waals surface area contributed by atoms with E-state index in [9.17, 15) is 9.59 Å². The Hall–Kier alpha value is -1.79. The van der Waals surface area contributed by atoms with E-state index in [1.807, 2.05) is 26.0 Å². The van der Waals surface area contributed by atoms with E-state index in [0.717, 1.165) is 5.56 Å². The average Bonchev–Trinajstić information content (AvgIpc) is 2.49. The third-order valence-electron chi connectivity index (χ3n) is 3.29. The lowest BCUT2D eigenvalue weighted by Gasteiger charge is -2.15. The van der Waals surface area contributed by atoms with E-state index in [1.165, 1.54) is 4.90 Å². The SMILES string of the molecule is CC(C)C[C@H](N)C(=O)NCc1cccc(OCC(=O)N(C)C)c1.Cl. The second-order valence-electron chi connectivity index (χ2n) is 6.18. The minimum absolute atomic E-state index is 0. The first-order valence-electron chi connectivity index (χ1n) is 7.74. The van der Waals surface area contributed by atoms with E-state index in [2.05, 4.69) is 5.32 Å². The Kier molecular flexibility index (Phi) is 10.1. The van der Waals surface area contributed by atoms with E-state index in [-0.39, 0.29) is 30.8 Å². The summed E-state index contributed by atoms with van der Waals surface area (Å²) in [5.41, 5.74) is 6.74. The summed E-state index contributed by atoms with van der Waals surface area (Å²) < 4.78 is 5.45. The molecule has 0 spiro atoms. The van der Waals surface area contributed by atoms with Gasteiger partial charge >= 0.3 is 0 Å². The first kappa shape index (κ1) is 22.2. The molecular weight excluding hydrogens is 330 g/mol. The number of benzene rings is 1. The van der Waals surface area contributed by atoms with Gasteiger partial charge in [0.15, 0.2) is 6.61 Å². The molecule has 0 aliphatic rings. The third kappa shape index (κ3) is 8.17. The molecule has 1 rings (SSSR count). The van der Waals surface area contributed by atoms with Crippen LogP contribution in [-0.4, -0.2) is 43.5 Å². The summed E-state index contributed by atoms with van der Waals surface area (Å²) in [6.07, 6.45) is 0.654. The molecular formula is C17H28ClN3O3. The van der Waals surface area contributed by atoms with E-state index >= 15 is 0 Å². The summed E-state index contributed by atoms with van der Waals surface area (Å²) in [5.74, 6) is 0.705. The molecule has 1 aromatic carbocycles. The predicted molar refractivity (Wildman–Crippen MR) is 97.2 cm³/mol. The fourth-order valence-corrected chi connectivity index (χ4v) is 1.95. The zero-order valence-electron chi connectivity index (χ0n) is 14.7. The number of nitrogens with one attached hydrogen (secondary N) is 1. The molecule has 0 radical (unpaired) electrons. The summed E-state index contributed by atoms with van der Waals surface area (Å²) in [4.78, 5) is 24.9. The van der Waals surface area contributed by atoms with Gasteiger partial charge in [0.05, 0.1) is 6.04 Å². The first-order valence-corrected chi connectivity index (χ1v) is 7.74. The molecule has 0 fully saturated rings. The molecule has 0 aromatic heterocycles. The molecule has 7 heteroatoms. The molecule has 0 bridgehead atoms. The van der Waals surface area contributed by atoms with E-state index in [1.54, 1.807) is 26.2 Å². The number of halogens is 1. The Labute approximate surface area is 150 Å². The van der Waals surface area contributed by atoms with Crippen molar-refractivity contribution in [2.45, 2.75) is 32.9 Å². The van der Waals surface area contributed by atoms with Gasteiger partial charge in [-0.2, -0.15) is 0 Å². The van der Waals surface area contributed by atoms with Crippen LogP contribution in [0.25, 0.3) is 0 Å². The van der Waals surface area contributed by atoms with Crippen molar-refractivity contribution >= 4 is 24.2 Å². The normalized spacial score (nSPS) is 11.4. The molecule has 136 valence electrons. The number of amides is 2. The van der Waals surface area contributed by atoms with Crippen molar-refractivity contribution in [3.8, 4) is 5.75 Å². The quantitative estimate of drug-likeness (QED) is 0.739. The van der Waals surface area contributed by atoms with Crippen molar-refractivity contribution in [3.05, 3.63) is 29.8 Å². The highest BCUT2D eigenvalue weighted by Crippen LogP contribution is 2.13. The molecule has 0 heterocycles. The maximum absolute atomic E-state index is 11.9. The molecule has 1 aromatic rings. The van der Waals surface area contributed by atoms with Crippen LogP contribution in [0.5, 0.6) is 5.75 Å². The number of hydrogen-bond acceptors (Lipinski definition) is 4. The maximum atomic E-state index is 11.9. The van der Waals surface area contributed by atoms with Gasteiger partial charge in [0, 0.05) is 20.6 Å². The van der Waals surface area contributed by atoms with Crippen molar-refractivity contribution in [2.75, 3.05) is 20.7 Å². The van der Waals surface area contributed by atoms with Gasteiger partial charge in [0.1, 0.15) is 5.75 Å². The monoisotopic (exact) mass is 357 g/mol. The number of carbonyl (C=O) groups excluding carboxylic acids is 2. The summed E-state index contributed by atoms with van der Waals surface area (Å²) in [7, 11) is 3.36. The summed E-state index contributed by atoms with van der Waals surface area (Å²) >= 11 is 0. The van der Waals surface area contributed by atoms with Crippen LogP contribution < -0.4 is 15.8 Å². The van der Waals surface area contributed by atoms with Crippen LogP contribution >= 0.6 is 12.4 Å². The number of ether oxygens (including phenoxy) is 1. The smallest absolute Gasteiger partial charge is 0.259 e. The second-order valence-corrected chi connectivity index (χ2v) is 6.18. The largest absolute Gasteiger partial charge is 0.484 e. The van der Waals surface area contributed by atoms with E-state index in [4.69, 9.17) is 10.5 Å². The van der Waals surface area contributed by atoms with Crippen LogP contribution in [0.1, 0.15) is 25.8 Å². The first-order chi connectivity index (χ1) is 10.8. The van der Waals surface area contributed by atoms with E-state index < -0.39 is 6.04 Å². The lowest BCUT2D eigenvalue weighted by molar-refractivity contribution is -0.130. The van der Waals surface area contributed by atoms with E-state index in [0.29, 0.717) is 24.6 Å². The molecule has 0 saturated heterocycles. The van der Waals surface area contributed by atoms with Gasteiger partial charge < -0.3 is 20.7 Å². The minimum Gasteiger partial charge on any atom is -0.484 e. The van der Waals surface area contributed by atoms with Gasteiger partial charge in [0.2, 0.25) is 5.91 Å². The molecule has 3 N–H and O–H groups in total. The van der Waals surface area contributed by atoms with Gasteiger partial charge in [-0.25, -0.2) is 0 Å². The fourth-order valence-electron chi connectivity index (χ4n) is 1.95. The van der Waals surface area contributed by atoms with Crippen molar-refractivity contribution in [2.24, 2.45) is 11.7 Å². The maximum Gasteiger partial charge on any atom is 0.259 e. The highest BCUT2D eigenvalue weighted by atomic mass is 35.5. The van der Waals surface area contributed by atoms with Crippen LogP contribution in [0.2, 0.25) is 0 Å². The van der Waals surface area contributed by atoms with Crippen LogP contribution in [0.4, 0.5) is 0 Å². The Morgan fingerprint density at radius 3 is 2.54 bits per heavy atom. The van der Waals surface area contributed by atoms with Crippen molar-refractivity contribution in [1.29, 1.82) is 0 Å². The number of nitrogens with two attached hydrogens (primary N) is 1. The molecule has 6 nitrogen and oxygen atoms in total. The lowest BCUT2D eigenvalue weighted by Crippen LogP contribution is -2.41. The third-order valence-corrected chi connectivity index (χ3v) is 3.29. The molecule has 2 amide bonds. The Morgan fingerprint density at radius 1 is 1.29 bits per heavy atom. The van der Waals surface area contributed by atoms with Gasteiger partial charge in [-0.05, 0) is 30.0 Å². The van der Waals surface area contributed by atoms with Crippen molar-refractivity contribution < 1.29 is 14.3 Å². The van der Waals surface area contributed by atoms with Gasteiger partial charge in [-0.3, -0.25) is 9.59 Å². The molecule has 0 unspecified atom stereocenters. The van der Waals surface area contributed by atoms with Gasteiger partial charge in [-0.15, -0.1) is 12.4 Å². The summed E-state index contributed by atoms with van der Waals surface area (Å²) in [6, 6.07) is 6.79. The molecule has 24 heavy (non-hydrogen) atoms. The van der Waals surface area contributed by atoms with Gasteiger partial charge in [0.25, 0.3) is 5.91 Å². The topological polar surface area (TPSA) is 84.7 Å². The van der Waals surface area contributed by atoms with Crippen LogP contribution in [0, 0.1) is 5.92 Å². The zero-order valence-corrected chi connectivity index (χ0v) is 15.6. The lowest BCUT2D eigenvalue weighted by atomic mass is 10.0. The Bertz CT molecular complexity index is 536. The predicted octanol–water partition coefficient (Wildman–Crippen LogP) is 1.56. The number of likely N-dealkylation sites (N-methyl/N-ethyl adjacent to an activating group) is 1. The van der Waals surface area contributed by atoms with Gasteiger partial charge in [-0.1, -0.05) is 26.0 Å². The van der Waals surface area contributed by atoms with Crippen molar-refractivity contribution in [1.82, 2.24) is 10.2 Å². The Balaban J connectivity index is 0.00000529. The number of rotatable bonds is 8. The standard InChI is InChI=1S/C17H27N3O3.ClH/c1-12(2)8-15(18)17(22)19-10-13-6-5-7-14(9-13)23-11-16(21)20(3)4;/h5-7,9,12,15H,8,10-11,18H2,1-4H3,(H,19,22);1H/t15-;/m0./s1. The van der Waals surface area contributed by atoms with Crippen LogP contribution in [-0.2, 0) is 16.1 Å². The summed E-state index contributed by atoms with van der Waals surface area (Å²) in [5, 5.41) is 2.82. The van der Waals surface area contributed by atoms with Crippen molar-refractivity contribution in [3.63, 3.8) is 0 Å². The highest BCUT2D eigenvalue weighted by Gasteiger charge is 2.14. The molecule has 0 aliphatic carbocycles. The van der Waals surface area contributed by atoms with Crippen LogP contribution in [0.15, 0.2) is 24.3 Å².